The minimum absolute atomic E-state index is 0.205. The van der Waals surface area contributed by atoms with Crippen molar-refractivity contribution < 1.29 is 22.7 Å². The topological polar surface area (TPSA) is 69.7 Å². The molecule has 3 aromatic rings. The Hall–Kier alpha value is -2.86. The molecule has 0 radical (unpaired) electrons. The van der Waals surface area contributed by atoms with E-state index >= 15 is 0 Å². The van der Waals surface area contributed by atoms with Crippen molar-refractivity contribution in [2.45, 2.75) is 10.6 Å². The molecule has 134 valence electrons. The van der Waals surface area contributed by atoms with E-state index in [9.17, 15) is 13.2 Å². The zero-order valence-corrected chi connectivity index (χ0v) is 15.2. The third-order valence-electron chi connectivity index (χ3n) is 4.15. The number of benzene rings is 3. The van der Waals surface area contributed by atoms with Crippen LogP contribution in [-0.4, -0.2) is 28.6 Å². The molecule has 0 unspecified atom stereocenters. The largest absolute Gasteiger partial charge is 0.496 e. The molecular formula is C20H18O5S. The Morgan fingerprint density at radius 1 is 0.923 bits per heavy atom. The Kier molecular flexibility index (Phi) is 4.95. The lowest BCUT2D eigenvalue weighted by atomic mass is 9.99. The highest BCUT2D eigenvalue weighted by molar-refractivity contribution is 7.90. The molecule has 0 atom stereocenters. The first-order valence-electron chi connectivity index (χ1n) is 7.92. The number of methoxy groups -OCH3 is 2. The summed E-state index contributed by atoms with van der Waals surface area (Å²) in [6, 6.07) is 16.9. The first-order valence-corrected chi connectivity index (χ1v) is 9.58. The smallest absolute Gasteiger partial charge is 0.338 e. The Balaban J connectivity index is 2.22. The third-order valence-corrected chi connectivity index (χ3v) is 5.83. The summed E-state index contributed by atoms with van der Waals surface area (Å²) < 4.78 is 35.8. The fourth-order valence-corrected chi connectivity index (χ4v) is 4.32. The van der Waals surface area contributed by atoms with Crippen molar-refractivity contribution in [1.29, 1.82) is 0 Å². The van der Waals surface area contributed by atoms with Gasteiger partial charge in [0.2, 0.25) is 0 Å². The van der Waals surface area contributed by atoms with Crippen LogP contribution in [0.15, 0.2) is 65.6 Å². The number of sulfone groups is 1. The quantitative estimate of drug-likeness (QED) is 0.642. The Morgan fingerprint density at radius 3 is 2.31 bits per heavy atom. The van der Waals surface area contributed by atoms with Crippen LogP contribution in [-0.2, 0) is 20.3 Å². The summed E-state index contributed by atoms with van der Waals surface area (Å²) in [6.07, 6.45) is 0. The molecule has 26 heavy (non-hydrogen) atoms. The van der Waals surface area contributed by atoms with E-state index in [1.54, 1.807) is 36.4 Å². The van der Waals surface area contributed by atoms with E-state index in [1.165, 1.54) is 26.4 Å². The maximum atomic E-state index is 12.8. The van der Waals surface area contributed by atoms with Crippen LogP contribution in [0.4, 0.5) is 0 Å². The van der Waals surface area contributed by atoms with E-state index in [2.05, 4.69) is 0 Å². The fraction of sp³-hybridized carbons (Fsp3) is 0.150. The summed E-state index contributed by atoms with van der Waals surface area (Å²) >= 11 is 0. The Labute approximate surface area is 152 Å². The molecule has 0 saturated heterocycles. The number of esters is 1. The number of ether oxygens (including phenoxy) is 2. The van der Waals surface area contributed by atoms with Crippen molar-refractivity contribution in [2.24, 2.45) is 0 Å². The summed E-state index contributed by atoms with van der Waals surface area (Å²) in [5, 5.41) is 1.31. The predicted octanol–water partition coefficient (Wildman–Crippen LogP) is 3.61. The van der Waals surface area contributed by atoms with Crippen molar-refractivity contribution in [2.75, 3.05) is 14.2 Å². The number of fused-ring (bicyclic) bond motifs is 1. The molecule has 0 fully saturated rings. The number of hydrogen-bond donors (Lipinski definition) is 0. The van der Waals surface area contributed by atoms with Gasteiger partial charge in [0.25, 0.3) is 0 Å². The van der Waals surface area contributed by atoms with E-state index in [4.69, 9.17) is 9.47 Å². The van der Waals surface area contributed by atoms with Gasteiger partial charge in [0.1, 0.15) is 5.75 Å². The van der Waals surface area contributed by atoms with Gasteiger partial charge in [-0.2, -0.15) is 0 Å². The predicted molar refractivity (Wildman–Crippen MR) is 99.2 cm³/mol. The molecule has 5 nitrogen and oxygen atoms in total. The van der Waals surface area contributed by atoms with Crippen LogP contribution in [0.1, 0.15) is 15.9 Å². The first-order chi connectivity index (χ1) is 12.5. The molecule has 0 aromatic heterocycles. The molecule has 0 aliphatic rings. The second-order valence-corrected chi connectivity index (χ2v) is 7.71. The van der Waals surface area contributed by atoms with Crippen molar-refractivity contribution in [3.05, 3.63) is 71.8 Å². The minimum Gasteiger partial charge on any atom is -0.496 e. The average Bonchev–Trinajstić information content (AvgIpc) is 2.67. The zero-order valence-electron chi connectivity index (χ0n) is 14.4. The van der Waals surface area contributed by atoms with Gasteiger partial charge in [0, 0.05) is 5.39 Å². The molecule has 3 rings (SSSR count). The Morgan fingerprint density at radius 2 is 1.65 bits per heavy atom. The Bertz CT molecular complexity index is 1060. The molecule has 0 heterocycles. The van der Waals surface area contributed by atoms with Crippen LogP contribution in [0.25, 0.3) is 10.8 Å². The van der Waals surface area contributed by atoms with Gasteiger partial charge in [-0.3, -0.25) is 0 Å². The van der Waals surface area contributed by atoms with Crippen molar-refractivity contribution in [3.63, 3.8) is 0 Å². The fourth-order valence-electron chi connectivity index (χ4n) is 2.93. The van der Waals surface area contributed by atoms with Crippen molar-refractivity contribution in [3.8, 4) is 5.75 Å². The van der Waals surface area contributed by atoms with E-state index < -0.39 is 15.8 Å². The lowest BCUT2D eigenvalue weighted by Crippen LogP contribution is -2.12. The van der Waals surface area contributed by atoms with Gasteiger partial charge < -0.3 is 9.47 Å². The summed E-state index contributed by atoms with van der Waals surface area (Å²) in [6.45, 7) is 0. The third kappa shape index (κ3) is 3.28. The highest BCUT2D eigenvalue weighted by atomic mass is 32.2. The summed E-state index contributed by atoms with van der Waals surface area (Å²) in [7, 11) is -0.841. The minimum atomic E-state index is -3.61. The van der Waals surface area contributed by atoms with E-state index in [0.29, 0.717) is 16.7 Å². The van der Waals surface area contributed by atoms with Gasteiger partial charge in [0.05, 0.1) is 30.4 Å². The van der Waals surface area contributed by atoms with Crippen LogP contribution in [0.5, 0.6) is 5.75 Å². The molecular weight excluding hydrogens is 352 g/mol. The number of hydrogen-bond acceptors (Lipinski definition) is 5. The van der Waals surface area contributed by atoms with Crippen molar-refractivity contribution in [1.82, 2.24) is 0 Å². The van der Waals surface area contributed by atoms with Gasteiger partial charge >= 0.3 is 5.97 Å². The normalized spacial score (nSPS) is 11.3. The highest BCUT2D eigenvalue weighted by Gasteiger charge is 2.23. The SMILES string of the molecule is COC(=O)c1c(CS(=O)(=O)c2ccccc2)ccc2cccc(OC)c12. The molecule has 0 amide bonds. The molecule has 0 aliphatic heterocycles. The molecule has 0 spiro atoms. The second-order valence-electron chi connectivity index (χ2n) is 5.72. The first kappa shape index (κ1) is 17.9. The molecule has 0 bridgehead atoms. The maximum Gasteiger partial charge on any atom is 0.338 e. The van der Waals surface area contributed by atoms with Crippen LogP contribution in [0, 0.1) is 0 Å². The maximum absolute atomic E-state index is 12.8. The number of carbonyl (C=O) groups excluding carboxylic acids is 1. The summed E-state index contributed by atoms with van der Waals surface area (Å²) in [4.78, 5) is 12.7. The number of carbonyl (C=O) groups is 1. The van der Waals surface area contributed by atoms with E-state index in [-0.39, 0.29) is 16.2 Å². The zero-order chi connectivity index (χ0) is 18.7. The molecule has 3 aromatic carbocycles. The van der Waals surface area contributed by atoms with Crippen LogP contribution < -0.4 is 4.74 Å². The van der Waals surface area contributed by atoms with Gasteiger partial charge in [-0.1, -0.05) is 42.5 Å². The van der Waals surface area contributed by atoms with Gasteiger partial charge in [-0.25, -0.2) is 13.2 Å². The summed E-state index contributed by atoms with van der Waals surface area (Å²) in [5.74, 6) is -0.421. The van der Waals surface area contributed by atoms with Crippen LogP contribution in [0.2, 0.25) is 0 Å². The van der Waals surface area contributed by atoms with Crippen molar-refractivity contribution >= 4 is 26.6 Å². The van der Waals surface area contributed by atoms with Gasteiger partial charge in [-0.05, 0) is 29.1 Å². The van der Waals surface area contributed by atoms with E-state index in [0.717, 1.165) is 5.39 Å². The molecule has 0 aliphatic carbocycles. The van der Waals surface area contributed by atoms with E-state index in [1.807, 2.05) is 12.1 Å². The van der Waals surface area contributed by atoms with Crippen LogP contribution in [0.3, 0.4) is 0 Å². The monoisotopic (exact) mass is 370 g/mol. The van der Waals surface area contributed by atoms with Crippen LogP contribution >= 0.6 is 0 Å². The molecule has 0 N–H and O–H groups in total. The average molecular weight is 370 g/mol. The lowest BCUT2D eigenvalue weighted by molar-refractivity contribution is 0.0602. The molecule has 6 heteroatoms. The molecule has 0 saturated carbocycles. The van der Waals surface area contributed by atoms with Gasteiger partial charge in [0.15, 0.2) is 9.84 Å². The second kappa shape index (κ2) is 7.17. The highest BCUT2D eigenvalue weighted by Crippen LogP contribution is 2.33. The standard InChI is InChI=1S/C20H18O5S/c1-24-17-10-6-7-14-11-12-15(19(18(14)17)20(21)25-2)13-26(22,23)16-8-4-3-5-9-16/h3-12H,13H2,1-2H3. The number of rotatable bonds is 5. The summed E-state index contributed by atoms with van der Waals surface area (Å²) in [5.41, 5.74) is 0.583. The van der Waals surface area contributed by atoms with Gasteiger partial charge in [-0.15, -0.1) is 0 Å². The lowest BCUT2D eigenvalue weighted by Gasteiger charge is -2.14.